The van der Waals surface area contributed by atoms with Crippen molar-refractivity contribution in [3.63, 3.8) is 0 Å². The van der Waals surface area contributed by atoms with E-state index in [2.05, 4.69) is 10.1 Å². The van der Waals surface area contributed by atoms with E-state index >= 15 is 0 Å². The summed E-state index contributed by atoms with van der Waals surface area (Å²) >= 11 is 0. The molecule has 1 amide bonds. The Morgan fingerprint density at radius 1 is 1.03 bits per heavy atom. The molecule has 5 heteroatoms. The van der Waals surface area contributed by atoms with Gasteiger partial charge in [-0.1, -0.05) is 71.4 Å². The van der Waals surface area contributed by atoms with Gasteiger partial charge in [0.05, 0.1) is 0 Å². The molecular formula is C24H21N3O2. The van der Waals surface area contributed by atoms with Gasteiger partial charge in [-0.15, -0.1) is 0 Å². The molecule has 0 bridgehead atoms. The second-order valence-corrected chi connectivity index (χ2v) is 7.51. The van der Waals surface area contributed by atoms with Crippen LogP contribution >= 0.6 is 0 Å². The lowest BCUT2D eigenvalue weighted by Crippen LogP contribution is -2.30. The number of benzene rings is 3. The first kappa shape index (κ1) is 17.6. The zero-order valence-electron chi connectivity index (χ0n) is 16.2. The van der Waals surface area contributed by atoms with Crippen LogP contribution in [0.3, 0.4) is 0 Å². The molecule has 1 aromatic heterocycles. The average molecular weight is 383 g/mol. The Labute approximate surface area is 169 Å². The highest BCUT2D eigenvalue weighted by atomic mass is 16.5. The second-order valence-electron chi connectivity index (χ2n) is 7.51. The summed E-state index contributed by atoms with van der Waals surface area (Å²) in [6.07, 6.45) is 1.75. The maximum absolute atomic E-state index is 13.4. The predicted molar refractivity (Wildman–Crippen MR) is 111 cm³/mol. The van der Waals surface area contributed by atoms with Crippen molar-refractivity contribution in [1.29, 1.82) is 0 Å². The summed E-state index contributed by atoms with van der Waals surface area (Å²) in [5.41, 5.74) is 2.81. The van der Waals surface area contributed by atoms with Crippen LogP contribution < -0.4 is 0 Å². The van der Waals surface area contributed by atoms with Crippen molar-refractivity contribution in [2.45, 2.75) is 25.8 Å². The number of rotatable bonds is 3. The van der Waals surface area contributed by atoms with Gasteiger partial charge in [-0.2, -0.15) is 4.98 Å². The molecule has 2 heterocycles. The minimum Gasteiger partial charge on any atom is -0.337 e. The molecule has 1 atom stereocenters. The van der Waals surface area contributed by atoms with Crippen molar-refractivity contribution in [2.24, 2.45) is 0 Å². The first-order valence-corrected chi connectivity index (χ1v) is 9.90. The van der Waals surface area contributed by atoms with E-state index in [0.717, 1.165) is 29.2 Å². The SMILES string of the molecule is Cc1ccc(-c2noc(C3CCCN3C(=O)c3cccc4ccccc34)n2)cc1. The zero-order chi connectivity index (χ0) is 19.8. The minimum absolute atomic E-state index is 0.0133. The van der Waals surface area contributed by atoms with E-state index in [4.69, 9.17) is 4.52 Å². The van der Waals surface area contributed by atoms with E-state index in [0.29, 0.717) is 23.8 Å². The second kappa shape index (κ2) is 7.17. The molecule has 144 valence electrons. The predicted octanol–water partition coefficient (Wildman–Crippen LogP) is 5.18. The number of fused-ring (bicyclic) bond motifs is 1. The fourth-order valence-electron chi connectivity index (χ4n) is 4.02. The van der Waals surface area contributed by atoms with Gasteiger partial charge in [0.1, 0.15) is 6.04 Å². The maximum Gasteiger partial charge on any atom is 0.255 e. The molecule has 1 fully saturated rings. The third-order valence-corrected chi connectivity index (χ3v) is 5.57. The molecule has 1 saturated heterocycles. The average Bonchev–Trinajstić information content (AvgIpc) is 3.43. The molecule has 29 heavy (non-hydrogen) atoms. The number of aromatic nitrogens is 2. The standard InChI is InChI=1S/C24H21N3O2/c1-16-11-13-18(14-12-16)22-25-23(29-26-22)21-10-5-15-27(21)24(28)20-9-4-7-17-6-2-3-8-19(17)20/h2-4,6-9,11-14,21H,5,10,15H2,1H3. The van der Waals surface area contributed by atoms with E-state index in [-0.39, 0.29) is 11.9 Å². The monoisotopic (exact) mass is 383 g/mol. The lowest BCUT2D eigenvalue weighted by molar-refractivity contribution is 0.0712. The highest BCUT2D eigenvalue weighted by Gasteiger charge is 2.35. The summed E-state index contributed by atoms with van der Waals surface area (Å²) in [7, 11) is 0. The van der Waals surface area contributed by atoms with Crippen molar-refractivity contribution in [2.75, 3.05) is 6.54 Å². The molecule has 4 aromatic rings. The van der Waals surface area contributed by atoms with Gasteiger partial charge >= 0.3 is 0 Å². The largest absolute Gasteiger partial charge is 0.337 e. The highest BCUT2D eigenvalue weighted by Crippen LogP contribution is 2.34. The summed E-state index contributed by atoms with van der Waals surface area (Å²) in [4.78, 5) is 19.9. The summed E-state index contributed by atoms with van der Waals surface area (Å²) < 4.78 is 5.58. The van der Waals surface area contributed by atoms with Crippen LogP contribution in [0.5, 0.6) is 0 Å². The first-order chi connectivity index (χ1) is 14.2. The molecular weight excluding hydrogens is 362 g/mol. The summed E-state index contributed by atoms with van der Waals surface area (Å²) in [6, 6.07) is 21.7. The number of likely N-dealkylation sites (tertiary alicyclic amines) is 1. The third kappa shape index (κ3) is 3.18. The van der Waals surface area contributed by atoms with Crippen molar-refractivity contribution in [3.8, 4) is 11.4 Å². The van der Waals surface area contributed by atoms with Crippen LogP contribution in [0.1, 0.15) is 40.7 Å². The van der Waals surface area contributed by atoms with E-state index in [1.807, 2.05) is 78.6 Å². The molecule has 5 rings (SSSR count). The molecule has 1 aliphatic rings. The Bertz CT molecular complexity index is 1170. The maximum atomic E-state index is 13.4. The molecule has 0 aliphatic carbocycles. The van der Waals surface area contributed by atoms with Crippen molar-refractivity contribution < 1.29 is 9.32 Å². The third-order valence-electron chi connectivity index (χ3n) is 5.57. The molecule has 5 nitrogen and oxygen atoms in total. The number of carbonyl (C=O) groups is 1. The number of carbonyl (C=O) groups excluding carboxylic acids is 1. The molecule has 0 N–H and O–H groups in total. The Balaban J connectivity index is 1.46. The number of amides is 1. The lowest BCUT2D eigenvalue weighted by atomic mass is 10.0. The van der Waals surface area contributed by atoms with Crippen LogP contribution in [-0.4, -0.2) is 27.5 Å². The number of nitrogens with zero attached hydrogens (tertiary/aromatic N) is 3. The molecule has 0 radical (unpaired) electrons. The Morgan fingerprint density at radius 2 is 1.83 bits per heavy atom. The van der Waals surface area contributed by atoms with Crippen LogP contribution in [0, 0.1) is 6.92 Å². The molecule has 3 aromatic carbocycles. The quantitative estimate of drug-likeness (QED) is 0.489. The van der Waals surface area contributed by atoms with Crippen LogP contribution in [0.15, 0.2) is 71.3 Å². The van der Waals surface area contributed by atoms with Crippen LogP contribution in [0.25, 0.3) is 22.2 Å². The summed E-state index contributed by atoms with van der Waals surface area (Å²) in [5, 5.41) is 6.19. The van der Waals surface area contributed by atoms with Crippen molar-refractivity contribution in [1.82, 2.24) is 15.0 Å². The Hall–Kier alpha value is -3.47. The molecule has 1 aliphatic heterocycles. The smallest absolute Gasteiger partial charge is 0.255 e. The van der Waals surface area contributed by atoms with Crippen LogP contribution in [0.2, 0.25) is 0 Å². The van der Waals surface area contributed by atoms with Gasteiger partial charge in [0, 0.05) is 17.7 Å². The van der Waals surface area contributed by atoms with Gasteiger partial charge in [0.15, 0.2) is 0 Å². The van der Waals surface area contributed by atoms with Gasteiger partial charge in [-0.3, -0.25) is 4.79 Å². The van der Waals surface area contributed by atoms with E-state index < -0.39 is 0 Å². The van der Waals surface area contributed by atoms with Gasteiger partial charge in [-0.25, -0.2) is 0 Å². The van der Waals surface area contributed by atoms with Gasteiger partial charge in [0.2, 0.25) is 11.7 Å². The van der Waals surface area contributed by atoms with Gasteiger partial charge in [-0.05, 0) is 36.6 Å². The Morgan fingerprint density at radius 3 is 2.69 bits per heavy atom. The molecule has 1 unspecified atom stereocenters. The van der Waals surface area contributed by atoms with Crippen molar-refractivity contribution >= 4 is 16.7 Å². The van der Waals surface area contributed by atoms with E-state index in [1.165, 1.54) is 5.56 Å². The lowest BCUT2D eigenvalue weighted by Gasteiger charge is -2.22. The zero-order valence-corrected chi connectivity index (χ0v) is 16.2. The normalized spacial score (nSPS) is 16.4. The first-order valence-electron chi connectivity index (χ1n) is 9.90. The number of hydrogen-bond acceptors (Lipinski definition) is 4. The number of hydrogen-bond donors (Lipinski definition) is 0. The highest BCUT2D eigenvalue weighted by molar-refractivity contribution is 6.07. The van der Waals surface area contributed by atoms with E-state index in [1.54, 1.807) is 0 Å². The number of aryl methyl sites for hydroxylation is 1. The van der Waals surface area contributed by atoms with Crippen molar-refractivity contribution in [3.05, 3.63) is 83.7 Å². The fraction of sp³-hybridized carbons (Fsp3) is 0.208. The van der Waals surface area contributed by atoms with Crippen LogP contribution in [-0.2, 0) is 0 Å². The fourth-order valence-corrected chi connectivity index (χ4v) is 4.02. The summed E-state index contributed by atoms with van der Waals surface area (Å²) in [5.74, 6) is 1.08. The van der Waals surface area contributed by atoms with Crippen LogP contribution in [0.4, 0.5) is 0 Å². The summed E-state index contributed by atoms with van der Waals surface area (Å²) in [6.45, 7) is 2.73. The molecule has 0 spiro atoms. The Kier molecular flexibility index (Phi) is 4.35. The van der Waals surface area contributed by atoms with Gasteiger partial charge in [0.25, 0.3) is 5.91 Å². The molecule has 0 saturated carbocycles. The van der Waals surface area contributed by atoms with E-state index in [9.17, 15) is 4.79 Å². The van der Waals surface area contributed by atoms with Gasteiger partial charge < -0.3 is 9.42 Å². The topological polar surface area (TPSA) is 59.2 Å². The minimum atomic E-state index is -0.187.